The van der Waals surface area contributed by atoms with Crippen LogP contribution in [0.1, 0.15) is 90.3 Å². The molecule has 2 aromatic carbocycles. The molecule has 0 fully saturated rings. The van der Waals surface area contributed by atoms with Gasteiger partial charge < -0.3 is 17.2 Å². The standard InChI is InChI=1S/C33H45N5O2S2/c1-20-12-23(32(2,3)4)13-21(30(20)41-10-8-34)15-28(39)26-18-27(38-19-37-26)29(40)16-22-14-24(33(5,6)7)17-25(36)31(22)42-11-9-35/h12-14,17-19H,8-11,15-16,34-36H2,1-7H3. The molecule has 226 valence electrons. The molecule has 0 aliphatic carbocycles. The van der Waals surface area contributed by atoms with Crippen LogP contribution in [0.15, 0.2) is 46.5 Å². The van der Waals surface area contributed by atoms with Gasteiger partial charge in [-0.2, -0.15) is 0 Å². The van der Waals surface area contributed by atoms with Crippen LogP contribution < -0.4 is 17.2 Å². The van der Waals surface area contributed by atoms with Crippen LogP contribution in [0.25, 0.3) is 0 Å². The second kappa shape index (κ2) is 14.2. The smallest absolute Gasteiger partial charge is 0.185 e. The molecule has 42 heavy (non-hydrogen) atoms. The molecule has 0 aliphatic heterocycles. The molecule has 3 aromatic rings. The van der Waals surface area contributed by atoms with E-state index in [9.17, 15) is 9.59 Å². The first-order valence-corrected chi connectivity index (χ1v) is 16.2. The van der Waals surface area contributed by atoms with Crippen LogP contribution >= 0.6 is 23.5 Å². The maximum Gasteiger partial charge on any atom is 0.185 e. The van der Waals surface area contributed by atoms with Crippen molar-refractivity contribution >= 4 is 40.8 Å². The second-order valence-corrected chi connectivity index (χ2v) is 14.8. The highest BCUT2D eigenvalue weighted by Crippen LogP contribution is 2.36. The summed E-state index contributed by atoms with van der Waals surface area (Å²) in [6.07, 6.45) is 1.58. The number of ketones is 2. The first-order chi connectivity index (χ1) is 19.6. The van der Waals surface area contributed by atoms with Gasteiger partial charge >= 0.3 is 0 Å². The molecule has 9 heteroatoms. The van der Waals surface area contributed by atoms with Crippen LogP contribution in [0.4, 0.5) is 5.69 Å². The zero-order chi connectivity index (χ0) is 31.2. The molecule has 3 rings (SSSR count). The normalized spacial score (nSPS) is 12.0. The Kier molecular flexibility index (Phi) is 11.4. The number of hydrogen-bond donors (Lipinski definition) is 3. The van der Waals surface area contributed by atoms with Crippen LogP contribution in [0, 0.1) is 6.92 Å². The summed E-state index contributed by atoms with van der Waals surface area (Å²) >= 11 is 3.22. The Bertz CT molecular complexity index is 1340. The highest BCUT2D eigenvalue weighted by atomic mass is 32.2. The number of nitrogen functional groups attached to an aromatic ring is 1. The van der Waals surface area contributed by atoms with E-state index in [1.807, 2.05) is 12.1 Å². The SMILES string of the molecule is Cc1cc(C(C)(C)C)cc(CC(=O)c2cc(C(=O)Cc3cc(C(C)(C)C)cc(N)c3SCCN)ncn2)c1SCCN. The van der Waals surface area contributed by atoms with E-state index >= 15 is 0 Å². The zero-order valence-electron chi connectivity index (χ0n) is 26.0. The van der Waals surface area contributed by atoms with Gasteiger partial charge in [0.2, 0.25) is 0 Å². The summed E-state index contributed by atoms with van der Waals surface area (Å²) in [5, 5.41) is 0. The van der Waals surface area contributed by atoms with Crippen LogP contribution in [0.3, 0.4) is 0 Å². The van der Waals surface area contributed by atoms with Gasteiger partial charge in [0.15, 0.2) is 11.6 Å². The van der Waals surface area contributed by atoms with E-state index in [-0.39, 0.29) is 46.6 Å². The summed E-state index contributed by atoms with van der Waals surface area (Å²) in [5.74, 6) is 1.09. The number of anilines is 1. The molecule has 6 N–H and O–H groups in total. The first kappa shape index (κ1) is 33.8. The Morgan fingerprint density at radius 3 is 1.64 bits per heavy atom. The molecule has 0 saturated heterocycles. The molecule has 0 saturated carbocycles. The van der Waals surface area contributed by atoms with Crippen molar-refractivity contribution in [2.75, 3.05) is 30.3 Å². The van der Waals surface area contributed by atoms with Gasteiger partial charge in [0.1, 0.15) is 17.7 Å². The number of nitrogens with two attached hydrogens (primary N) is 3. The molecule has 0 spiro atoms. The van der Waals surface area contributed by atoms with Crippen molar-refractivity contribution in [3.63, 3.8) is 0 Å². The number of carbonyl (C=O) groups is 2. The van der Waals surface area contributed by atoms with Gasteiger partial charge in [-0.05, 0) is 57.7 Å². The van der Waals surface area contributed by atoms with Crippen molar-refractivity contribution in [3.05, 3.63) is 75.9 Å². The minimum Gasteiger partial charge on any atom is -0.398 e. The van der Waals surface area contributed by atoms with Gasteiger partial charge in [0.05, 0.1) is 0 Å². The molecule has 7 nitrogen and oxygen atoms in total. The fourth-order valence-electron chi connectivity index (χ4n) is 4.58. The van der Waals surface area contributed by atoms with Crippen LogP contribution in [-0.2, 0) is 23.7 Å². The minimum atomic E-state index is -0.198. The highest BCUT2D eigenvalue weighted by molar-refractivity contribution is 7.99. The number of thioether (sulfide) groups is 2. The molecule has 0 atom stereocenters. The highest BCUT2D eigenvalue weighted by Gasteiger charge is 2.23. The van der Waals surface area contributed by atoms with Crippen molar-refractivity contribution < 1.29 is 9.59 Å². The largest absolute Gasteiger partial charge is 0.398 e. The molecule has 1 heterocycles. The minimum absolute atomic E-state index is 0.0664. The molecular weight excluding hydrogens is 563 g/mol. The monoisotopic (exact) mass is 607 g/mol. The third kappa shape index (κ3) is 8.66. The molecular formula is C33H45N5O2S2. The van der Waals surface area contributed by atoms with E-state index in [0.717, 1.165) is 37.8 Å². The number of aryl methyl sites for hydroxylation is 1. The first-order valence-electron chi connectivity index (χ1n) is 14.3. The lowest BCUT2D eigenvalue weighted by molar-refractivity contribution is 0.0986. The Hall–Kier alpha value is -2.72. The Morgan fingerprint density at radius 2 is 1.17 bits per heavy atom. The third-order valence-corrected chi connectivity index (χ3v) is 9.49. The number of hydrogen-bond acceptors (Lipinski definition) is 9. The van der Waals surface area contributed by atoms with Crippen molar-refractivity contribution in [1.29, 1.82) is 0 Å². The lowest BCUT2D eigenvalue weighted by Gasteiger charge is -2.23. The quantitative estimate of drug-likeness (QED) is 0.130. The van der Waals surface area contributed by atoms with Gasteiger partial charge in [-0.15, -0.1) is 23.5 Å². The number of benzene rings is 2. The summed E-state index contributed by atoms with van der Waals surface area (Å²) in [6.45, 7) is 15.9. The van der Waals surface area contributed by atoms with Crippen LogP contribution in [0.5, 0.6) is 0 Å². The van der Waals surface area contributed by atoms with Crippen molar-refractivity contribution in [1.82, 2.24) is 9.97 Å². The lowest BCUT2D eigenvalue weighted by atomic mass is 9.84. The van der Waals surface area contributed by atoms with E-state index in [2.05, 4.69) is 70.6 Å². The van der Waals surface area contributed by atoms with E-state index in [1.165, 1.54) is 18.0 Å². The fourth-order valence-corrected chi connectivity index (χ4v) is 6.37. The van der Waals surface area contributed by atoms with Crippen LogP contribution in [-0.4, -0.2) is 46.1 Å². The number of Topliss-reactive ketones (excluding diaryl/α,β-unsaturated/α-hetero) is 2. The summed E-state index contributed by atoms with van der Waals surface area (Å²) < 4.78 is 0. The Balaban J connectivity index is 1.93. The summed E-state index contributed by atoms with van der Waals surface area (Å²) in [7, 11) is 0. The zero-order valence-corrected chi connectivity index (χ0v) is 27.6. The van der Waals surface area contributed by atoms with E-state index in [1.54, 1.807) is 23.5 Å². The van der Waals surface area contributed by atoms with Crippen molar-refractivity contribution in [2.45, 2.75) is 81.9 Å². The molecule has 0 radical (unpaired) electrons. The van der Waals surface area contributed by atoms with Gasteiger partial charge in [-0.1, -0.05) is 59.7 Å². The average Bonchev–Trinajstić information content (AvgIpc) is 2.91. The van der Waals surface area contributed by atoms with Crippen LogP contribution in [0.2, 0.25) is 0 Å². The second-order valence-electron chi connectivity index (χ2n) is 12.6. The molecule has 0 unspecified atom stereocenters. The molecule has 1 aromatic heterocycles. The number of aromatic nitrogens is 2. The van der Waals surface area contributed by atoms with E-state index in [0.29, 0.717) is 24.5 Å². The third-order valence-electron chi connectivity index (χ3n) is 6.95. The van der Waals surface area contributed by atoms with E-state index < -0.39 is 0 Å². The van der Waals surface area contributed by atoms with Gasteiger partial charge in [0, 0.05) is 52.9 Å². The van der Waals surface area contributed by atoms with Crippen molar-refractivity contribution in [2.24, 2.45) is 11.5 Å². The number of nitrogens with zero attached hydrogens (tertiary/aromatic N) is 2. The Labute approximate surface area is 259 Å². The Morgan fingerprint density at radius 1 is 0.714 bits per heavy atom. The predicted octanol–water partition coefficient (Wildman–Crippen LogP) is 5.91. The number of carbonyl (C=O) groups excluding carboxylic acids is 2. The summed E-state index contributed by atoms with van der Waals surface area (Å²) in [5.41, 5.74) is 24.0. The molecule has 0 bridgehead atoms. The lowest BCUT2D eigenvalue weighted by Crippen LogP contribution is -2.16. The topological polar surface area (TPSA) is 138 Å². The summed E-state index contributed by atoms with van der Waals surface area (Å²) in [4.78, 5) is 37.5. The maximum absolute atomic E-state index is 13.6. The van der Waals surface area contributed by atoms with Crippen molar-refractivity contribution in [3.8, 4) is 0 Å². The molecule has 0 amide bonds. The van der Waals surface area contributed by atoms with Gasteiger partial charge in [-0.3, -0.25) is 9.59 Å². The molecule has 0 aliphatic rings. The number of rotatable bonds is 12. The van der Waals surface area contributed by atoms with E-state index in [4.69, 9.17) is 17.2 Å². The predicted molar refractivity (Wildman–Crippen MR) is 177 cm³/mol. The fraction of sp³-hybridized carbons (Fsp3) is 0.455. The average molecular weight is 608 g/mol. The van der Waals surface area contributed by atoms with Gasteiger partial charge in [0.25, 0.3) is 0 Å². The maximum atomic E-state index is 13.6. The van der Waals surface area contributed by atoms with Gasteiger partial charge in [-0.25, -0.2) is 9.97 Å². The summed E-state index contributed by atoms with van der Waals surface area (Å²) in [6, 6.07) is 9.84.